The summed E-state index contributed by atoms with van der Waals surface area (Å²) in [6, 6.07) is 5.13. The fourth-order valence-electron chi connectivity index (χ4n) is 4.74. The quantitative estimate of drug-likeness (QED) is 0.165. The van der Waals surface area contributed by atoms with E-state index in [9.17, 15) is 24.0 Å². The van der Waals surface area contributed by atoms with Gasteiger partial charge in [-0.15, -0.1) is 11.8 Å². The molecule has 2 aliphatic heterocycles. The van der Waals surface area contributed by atoms with Crippen LogP contribution in [0.2, 0.25) is 0 Å². The lowest BCUT2D eigenvalue weighted by Crippen LogP contribution is -2.40. The number of hydrogen-bond donors (Lipinski definition) is 1. The van der Waals surface area contributed by atoms with Crippen LogP contribution in [0.25, 0.3) is 0 Å². The average molecular weight is 516 g/mol. The second-order valence-electron chi connectivity index (χ2n) is 9.39. The van der Waals surface area contributed by atoms with Crippen LogP contribution >= 0.6 is 11.8 Å². The van der Waals surface area contributed by atoms with Gasteiger partial charge in [0.1, 0.15) is 6.29 Å². The summed E-state index contributed by atoms with van der Waals surface area (Å²) >= 11 is 1.75. The Balaban J connectivity index is 1.36. The molecule has 0 bridgehead atoms. The minimum atomic E-state index is -0.605. The molecule has 0 spiro atoms. The van der Waals surface area contributed by atoms with Crippen molar-refractivity contribution in [3.63, 3.8) is 0 Å². The molecule has 1 aromatic rings. The van der Waals surface area contributed by atoms with E-state index < -0.39 is 6.04 Å². The number of piperidine rings is 1. The maximum absolute atomic E-state index is 12.9. The normalized spacial score (nSPS) is 16.3. The minimum absolute atomic E-state index is 0.0222. The number of imide groups is 1. The van der Waals surface area contributed by atoms with Gasteiger partial charge in [-0.3, -0.25) is 24.1 Å². The van der Waals surface area contributed by atoms with E-state index in [0.29, 0.717) is 44.3 Å². The van der Waals surface area contributed by atoms with Crippen molar-refractivity contribution < 1.29 is 24.0 Å². The summed E-state index contributed by atoms with van der Waals surface area (Å²) in [5.41, 5.74) is 1.62. The monoisotopic (exact) mass is 515 g/mol. The van der Waals surface area contributed by atoms with Gasteiger partial charge < -0.3 is 15.0 Å². The van der Waals surface area contributed by atoms with Gasteiger partial charge >= 0.3 is 0 Å². The first kappa shape index (κ1) is 27.9. The first-order chi connectivity index (χ1) is 17.5. The number of nitrogens with one attached hydrogen (secondary N) is 1. The number of rotatable bonds is 15. The van der Waals surface area contributed by atoms with E-state index in [1.54, 1.807) is 23.7 Å². The van der Waals surface area contributed by atoms with Gasteiger partial charge in [0.05, 0.1) is 6.04 Å². The molecule has 0 saturated carbocycles. The Kier molecular flexibility index (Phi) is 11.0. The predicted molar refractivity (Wildman–Crippen MR) is 138 cm³/mol. The molecule has 1 fully saturated rings. The van der Waals surface area contributed by atoms with Crippen LogP contribution in [0, 0.1) is 0 Å². The molecule has 0 radical (unpaired) electrons. The van der Waals surface area contributed by atoms with Crippen LogP contribution in [0.4, 0.5) is 0 Å². The summed E-state index contributed by atoms with van der Waals surface area (Å²) in [4.78, 5) is 63.9. The molecule has 9 heteroatoms. The maximum atomic E-state index is 12.9. The van der Waals surface area contributed by atoms with E-state index in [-0.39, 0.29) is 30.0 Å². The summed E-state index contributed by atoms with van der Waals surface area (Å²) in [6.45, 7) is 0.954. The second kappa shape index (κ2) is 14.2. The lowest BCUT2D eigenvalue weighted by atomic mass is 10.1. The van der Waals surface area contributed by atoms with Crippen LogP contribution in [-0.4, -0.2) is 65.1 Å². The third-order valence-corrected chi connectivity index (χ3v) is 8.06. The van der Waals surface area contributed by atoms with Crippen LogP contribution in [0.1, 0.15) is 86.6 Å². The Bertz CT molecular complexity index is 951. The summed E-state index contributed by atoms with van der Waals surface area (Å²) in [6.07, 6.45) is 9.25. The molecular weight excluding hydrogens is 478 g/mol. The predicted octanol–water partition coefficient (Wildman–Crippen LogP) is 3.71. The molecule has 1 atom stereocenters. The number of hydrogen-bond acceptors (Lipinski definition) is 6. The van der Waals surface area contributed by atoms with Gasteiger partial charge in [0, 0.05) is 49.9 Å². The molecule has 1 unspecified atom stereocenters. The highest BCUT2D eigenvalue weighted by atomic mass is 32.2. The zero-order valence-electron chi connectivity index (χ0n) is 21.1. The van der Waals surface area contributed by atoms with E-state index >= 15 is 0 Å². The average Bonchev–Trinajstić information content (AvgIpc) is 3.21. The summed E-state index contributed by atoms with van der Waals surface area (Å²) in [5, 5.41) is 2.55. The topological polar surface area (TPSA) is 104 Å². The van der Waals surface area contributed by atoms with Gasteiger partial charge in [-0.2, -0.15) is 0 Å². The molecule has 196 valence electrons. The first-order valence-electron chi connectivity index (χ1n) is 13.0. The number of benzene rings is 1. The molecule has 8 nitrogen and oxygen atoms in total. The van der Waals surface area contributed by atoms with Crippen molar-refractivity contribution in [1.82, 2.24) is 15.1 Å². The molecular formula is C27H37N3O5S. The Labute approximate surface area is 217 Å². The van der Waals surface area contributed by atoms with Crippen LogP contribution < -0.4 is 5.32 Å². The summed E-state index contributed by atoms with van der Waals surface area (Å²) in [7, 11) is 1.56. The maximum Gasteiger partial charge on any atom is 0.255 e. The van der Waals surface area contributed by atoms with Crippen LogP contribution in [-0.2, 0) is 25.7 Å². The number of aldehydes is 1. The third-order valence-electron chi connectivity index (χ3n) is 6.87. The lowest BCUT2D eigenvalue weighted by molar-refractivity contribution is -0.148. The lowest BCUT2D eigenvalue weighted by Gasteiger charge is -2.24. The fraction of sp³-hybridized carbons (Fsp3) is 0.593. The summed E-state index contributed by atoms with van der Waals surface area (Å²) in [5.74, 6) is 0.621. The van der Waals surface area contributed by atoms with Crippen LogP contribution in [0.5, 0.6) is 0 Å². The number of thioether (sulfide) groups is 1. The summed E-state index contributed by atoms with van der Waals surface area (Å²) < 4.78 is 0. The highest BCUT2D eigenvalue weighted by molar-refractivity contribution is 7.99. The fourth-order valence-corrected chi connectivity index (χ4v) is 5.83. The molecule has 36 heavy (non-hydrogen) atoms. The van der Waals surface area contributed by atoms with Gasteiger partial charge in [0.2, 0.25) is 17.7 Å². The zero-order valence-corrected chi connectivity index (χ0v) is 21.9. The standard InChI is InChI=1S/C27H37N3O5S/c1-28-24(32)15-14-20(19-31)30-18-22-21(27(30)35)10-8-11-23(22)36-17-7-5-3-2-4-6-16-29-25(33)12-9-13-26(29)34/h8,10-11,19-20H,2-7,9,12-18H2,1H3,(H,28,32). The van der Waals surface area contributed by atoms with Crippen molar-refractivity contribution >= 4 is 41.7 Å². The first-order valence-corrected chi connectivity index (χ1v) is 14.0. The minimum Gasteiger partial charge on any atom is -0.359 e. The van der Waals surface area contributed by atoms with E-state index in [1.807, 2.05) is 18.2 Å². The number of amides is 4. The molecule has 2 heterocycles. The molecule has 0 aliphatic carbocycles. The van der Waals surface area contributed by atoms with E-state index in [1.165, 1.54) is 4.90 Å². The Hall–Kier alpha value is -2.68. The molecule has 1 saturated heterocycles. The van der Waals surface area contributed by atoms with Crippen LogP contribution in [0.15, 0.2) is 23.1 Å². The van der Waals surface area contributed by atoms with Gasteiger partial charge in [0.15, 0.2) is 0 Å². The molecule has 1 aromatic carbocycles. The largest absolute Gasteiger partial charge is 0.359 e. The second-order valence-corrected chi connectivity index (χ2v) is 10.5. The smallest absolute Gasteiger partial charge is 0.255 e. The van der Waals surface area contributed by atoms with Gasteiger partial charge in [-0.25, -0.2) is 0 Å². The molecule has 0 aromatic heterocycles. The highest BCUT2D eigenvalue weighted by Gasteiger charge is 2.34. The van der Waals surface area contributed by atoms with Crippen molar-refractivity contribution in [1.29, 1.82) is 0 Å². The number of unbranched alkanes of at least 4 members (excludes halogenated alkanes) is 5. The number of fused-ring (bicyclic) bond motifs is 1. The number of nitrogens with zero attached hydrogens (tertiary/aromatic N) is 2. The number of carbonyl (C=O) groups excluding carboxylic acids is 5. The molecule has 4 amide bonds. The van der Waals surface area contributed by atoms with Crippen molar-refractivity contribution in [2.24, 2.45) is 0 Å². The van der Waals surface area contributed by atoms with Crippen molar-refractivity contribution in [3.05, 3.63) is 29.3 Å². The van der Waals surface area contributed by atoms with Crippen LogP contribution in [0.3, 0.4) is 0 Å². The number of likely N-dealkylation sites (tertiary alicyclic amines) is 1. The van der Waals surface area contributed by atoms with Crippen molar-refractivity contribution in [2.45, 2.75) is 88.1 Å². The molecule has 3 rings (SSSR count). The Morgan fingerprint density at radius 2 is 1.75 bits per heavy atom. The van der Waals surface area contributed by atoms with Gasteiger partial charge in [0.25, 0.3) is 5.91 Å². The Morgan fingerprint density at radius 3 is 2.44 bits per heavy atom. The van der Waals surface area contributed by atoms with E-state index in [0.717, 1.165) is 61.0 Å². The van der Waals surface area contributed by atoms with Gasteiger partial charge in [-0.1, -0.05) is 31.7 Å². The van der Waals surface area contributed by atoms with Crippen molar-refractivity contribution in [3.8, 4) is 0 Å². The highest BCUT2D eigenvalue weighted by Crippen LogP contribution is 2.34. The molecule has 1 N–H and O–H groups in total. The van der Waals surface area contributed by atoms with Crippen molar-refractivity contribution in [2.75, 3.05) is 19.3 Å². The molecule has 2 aliphatic rings. The number of carbonyl (C=O) groups is 5. The SMILES string of the molecule is CNC(=O)CCC(C=O)N1Cc2c(SCCCCCCCCN3C(=O)CCCC3=O)cccc2C1=O. The third kappa shape index (κ3) is 7.41. The Morgan fingerprint density at radius 1 is 1.06 bits per heavy atom. The van der Waals surface area contributed by atoms with Gasteiger partial charge in [-0.05, 0) is 49.1 Å². The zero-order chi connectivity index (χ0) is 25.9. The van der Waals surface area contributed by atoms with E-state index in [2.05, 4.69) is 5.32 Å². The van der Waals surface area contributed by atoms with E-state index in [4.69, 9.17) is 0 Å².